The first-order valence-electron chi connectivity index (χ1n) is 8.79. The molecule has 0 saturated heterocycles. The van der Waals surface area contributed by atoms with Gasteiger partial charge in [-0.05, 0) is 20.5 Å². The Morgan fingerprint density at radius 2 is 1.69 bits per heavy atom. The van der Waals surface area contributed by atoms with Crippen LogP contribution in [0.5, 0.6) is 0 Å². The molecule has 1 unspecified atom stereocenters. The van der Waals surface area contributed by atoms with Gasteiger partial charge in [-0.3, -0.25) is 4.79 Å². The number of hydrogen-bond donors (Lipinski definition) is 0. The summed E-state index contributed by atoms with van der Waals surface area (Å²) < 4.78 is 47.2. The zero-order chi connectivity index (χ0) is 20.6. The molecule has 0 fully saturated rings. The number of likely N-dealkylation sites (N-methyl/N-ethyl adjacent to an activating group) is 1. The van der Waals surface area contributed by atoms with Crippen molar-refractivity contribution in [1.29, 1.82) is 0 Å². The number of ether oxygens (including phenoxy) is 2. The van der Waals surface area contributed by atoms with Gasteiger partial charge < -0.3 is 14.4 Å². The fourth-order valence-electron chi connectivity index (χ4n) is 1.94. The number of esters is 1. The molecule has 0 rings (SSSR count). The Morgan fingerprint density at radius 3 is 2.15 bits per heavy atom. The van der Waals surface area contributed by atoms with Crippen LogP contribution in [0.3, 0.4) is 0 Å². The number of carbonyl (C=O) groups excluding carboxylic acids is 1. The second kappa shape index (κ2) is 10.2. The third-order valence-corrected chi connectivity index (χ3v) is 4.45. The van der Waals surface area contributed by atoms with Gasteiger partial charge in [-0.15, -0.1) is 0 Å². The van der Waals surface area contributed by atoms with E-state index in [4.69, 9.17) is 9.47 Å². The lowest BCUT2D eigenvalue weighted by molar-refractivity contribution is -0.147. The minimum Gasteiger partial charge on any atom is -0.498 e. The molecule has 0 bridgehead atoms. The maximum Gasteiger partial charge on any atom is 0.392 e. The van der Waals surface area contributed by atoms with Crippen molar-refractivity contribution in [3.63, 3.8) is 0 Å². The largest absolute Gasteiger partial charge is 0.498 e. The van der Waals surface area contributed by atoms with Crippen LogP contribution in [0, 0.1) is 5.41 Å². The Bertz CT molecular complexity index is 467. The average Bonchev–Trinajstić information content (AvgIpc) is 2.50. The van der Waals surface area contributed by atoms with E-state index in [1.807, 2.05) is 47.0 Å². The van der Waals surface area contributed by atoms with Crippen LogP contribution < -0.4 is 0 Å². The van der Waals surface area contributed by atoms with Gasteiger partial charge in [0.1, 0.15) is 13.9 Å². The quantitative estimate of drug-likeness (QED) is 0.288. The number of hydrogen-bond acceptors (Lipinski definition) is 4. The molecule has 0 aliphatic carbocycles. The number of carbonyl (C=O) groups is 1. The molecule has 0 aliphatic rings. The topological polar surface area (TPSA) is 38.8 Å². The van der Waals surface area contributed by atoms with Crippen LogP contribution in [-0.2, 0) is 14.3 Å². The van der Waals surface area contributed by atoms with Gasteiger partial charge in [-0.25, -0.2) is 0 Å². The van der Waals surface area contributed by atoms with E-state index in [0.29, 0.717) is 25.9 Å². The summed E-state index contributed by atoms with van der Waals surface area (Å²) in [5.74, 6) is -0.0290. The SMILES string of the molecule is C=C(OCCC(F)(F)F)C(C)(C)C[B]C(C)(CC)C(=O)OCCN(C)C. The predicted molar refractivity (Wildman–Crippen MR) is 98.3 cm³/mol. The van der Waals surface area contributed by atoms with Gasteiger partial charge in [0.15, 0.2) is 0 Å². The van der Waals surface area contributed by atoms with E-state index >= 15 is 0 Å². The second-order valence-electron chi connectivity index (χ2n) is 7.64. The fourth-order valence-corrected chi connectivity index (χ4v) is 1.94. The number of nitrogens with zero attached hydrogens (tertiary/aromatic N) is 1. The third-order valence-electron chi connectivity index (χ3n) is 4.45. The minimum absolute atomic E-state index is 0.275. The molecule has 0 aliphatic heterocycles. The monoisotopic (exact) mass is 378 g/mol. The molecule has 0 aromatic rings. The van der Waals surface area contributed by atoms with Crippen molar-refractivity contribution >= 4 is 13.2 Å². The highest BCUT2D eigenvalue weighted by molar-refractivity contribution is 6.46. The molecule has 1 radical (unpaired) electrons. The minimum atomic E-state index is -4.26. The van der Waals surface area contributed by atoms with E-state index in [0.717, 1.165) is 0 Å². The summed E-state index contributed by atoms with van der Waals surface area (Å²) in [7, 11) is 5.64. The summed E-state index contributed by atoms with van der Waals surface area (Å²) in [6, 6.07) is 0. The lowest BCUT2D eigenvalue weighted by Crippen LogP contribution is -2.33. The molecule has 1 atom stereocenters. The molecule has 0 amide bonds. The Morgan fingerprint density at radius 1 is 1.12 bits per heavy atom. The molecule has 151 valence electrons. The highest BCUT2D eigenvalue weighted by Gasteiger charge is 2.37. The smallest absolute Gasteiger partial charge is 0.392 e. The molecule has 0 spiro atoms. The Hall–Kier alpha value is -1.18. The van der Waals surface area contributed by atoms with Gasteiger partial charge in [0.25, 0.3) is 0 Å². The predicted octanol–water partition coefficient (Wildman–Crippen LogP) is 4.31. The first-order valence-corrected chi connectivity index (χ1v) is 8.79. The van der Waals surface area contributed by atoms with E-state index in [2.05, 4.69) is 6.58 Å². The maximum atomic E-state index is 12.4. The zero-order valence-electron chi connectivity index (χ0n) is 16.8. The van der Waals surface area contributed by atoms with Crippen molar-refractivity contribution in [1.82, 2.24) is 4.90 Å². The fraction of sp³-hybridized carbons (Fsp3) is 0.833. The molecule has 0 aromatic heterocycles. The molecule has 26 heavy (non-hydrogen) atoms. The summed E-state index contributed by atoms with van der Waals surface area (Å²) in [6.45, 7) is 11.6. The van der Waals surface area contributed by atoms with Crippen molar-refractivity contribution in [2.75, 3.05) is 33.9 Å². The summed E-state index contributed by atoms with van der Waals surface area (Å²) >= 11 is 0. The van der Waals surface area contributed by atoms with Gasteiger partial charge in [0, 0.05) is 17.3 Å². The first kappa shape index (κ1) is 24.8. The lowest BCUT2D eigenvalue weighted by Gasteiger charge is -2.32. The van der Waals surface area contributed by atoms with Gasteiger partial charge in [0.05, 0.1) is 18.8 Å². The summed E-state index contributed by atoms with van der Waals surface area (Å²) in [5, 5.41) is -0.768. The molecule has 0 aromatic carbocycles. The van der Waals surface area contributed by atoms with E-state index in [9.17, 15) is 18.0 Å². The third kappa shape index (κ3) is 9.50. The molecule has 0 saturated carbocycles. The molecule has 4 nitrogen and oxygen atoms in total. The normalized spacial score (nSPS) is 14.7. The van der Waals surface area contributed by atoms with E-state index in [-0.39, 0.29) is 11.7 Å². The maximum absolute atomic E-state index is 12.4. The molecular weight excluding hydrogens is 346 g/mol. The molecule has 0 heterocycles. The number of halogens is 3. The van der Waals surface area contributed by atoms with Crippen molar-refractivity contribution in [2.45, 2.75) is 58.3 Å². The highest BCUT2D eigenvalue weighted by Crippen LogP contribution is 2.38. The van der Waals surface area contributed by atoms with E-state index < -0.39 is 29.9 Å². The standard InChI is InChI=1S/C18H32BF3NO3/c1-8-17(5,15(24)26-12-10-23(6)7)19-13-16(3,4)14(2)25-11-9-18(20,21)22/h2,8-13H2,1,3-7H3. The number of allylic oxidation sites excluding steroid dienone is 1. The molecule has 8 heteroatoms. The lowest BCUT2D eigenvalue weighted by atomic mass is 9.46. The average molecular weight is 378 g/mol. The van der Waals surface area contributed by atoms with E-state index in [1.54, 1.807) is 6.92 Å². The van der Waals surface area contributed by atoms with Gasteiger partial charge in [-0.2, -0.15) is 13.2 Å². The zero-order valence-corrected chi connectivity index (χ0v) is 16.8. The van der Waals surface area contributed by atoms with E-state index in [1.165, 1.54) is 0 Å². The van der Waals surface area contributed by atoms with Crippen LogP contribution in [-0.4, -0.2) is 58.2 Å². The van der Waals surface area contributed by atoms with Gasteiger partial charge in [-0.1, -0.05) is 40.6 Å². The number of rotatable bonds is 12. The molecule has 0 N–H and O–H groups in total. The van der Waals surface area contributed by atoms with Gasteiger partial charge in [0.2, 0.25) is 0 Å². The molecular formula is C18H32BF3NO3. The van der Waals surface area contributed by atoms with Crippen molar-refractivity contribution in [3.05, 3.63) is 12.3 Å². The Labute approximate surface area is 156 Å². The summed E-state index contributed by atoms with van der Waals surface area (Å²) in [6.07, 6.45) is -4.28. The van der Waals surface area contributed by atoms with Crippen LogP contribution in [0.25, 0.3) is 0 Å². The summed E-state index contributed by atoms with van der Waals surface area (Å²) in [4.78, 5) is 14.3. The van der Waals surface area contributed by atoms with Crippen LogP contribution in [0.2, 0.25) is 11.6 Å². The van der Waals surface area contributed by atoms with Crippen LogP contribution >= 0.6 is 0 Å². The summed E-state index contributed by atoms with van der Waals surface area (Å²) in [5.41, 5.74) is -0.591. The first-order chi connectivity index (χ1) is 11.7. The van der Waals surface area contributed by atoms with Crippen LogP contribution in [0.4, 0.5) is 13.2 Å². The highest BCUT2D eigenvalue weighted by atomic mass is 19.4. The van der Waals surface area contributed by atoms with Crippen LogP contribution in [0.1, 0.15) is 40.5 Å². The Balaban J connectivity index is 4.61. The van der Waals surface area contributed by atoms with Crippen molar-refractivity contribution in [3.8, 4) is 0 Å². The Kier molecular flexibility index (Phi) is 9.77. The van der Waals surface area contributed by atoms with Crippen LogP contribution in [0.15, 0.2) is 12.3 Å². The van der Waals surface area contributed by atoms with Crippen molar-refractivity contribution < 1.29 is 27.4 Å². The van der Waals surface area contributed by atoms with Gasteiger partial charge >= 0.3 is 12.1 Å². The number of alkyl halides is 3. The second-order valence-corrected chi connectivity index (χ2v) is 7.64. The van der Waals surface area contributed by atoms with Crippen molar-refractivity contribution in [2.24, 2.45) is 5.41 Å².